The van der Waals surface area contributed by atoms with Gasteiger partial charge in [-0.3, -0.25) is 4.79 Å². The van der Waals surface area contributed by atoms with Gasteiger partial charge >= 0.3 is 5.97 Å². The summed E-state index contributed by atoms with van der Waals surface area (Å²) in [6, 6.07) is 3.06. The highest BCUT2D eigenvalue weighted by atomic mass is 16.4. The van der Waals surface area contributed by atoms with E-state index in [0.29, 0.717) is 5.82 Å². The molecular formula is C16H16N2O4. The molecule has 0 radical (unpaired) electrons. The minimum atomic E-state index is -1.23. The van der Waals surface area contributed by atoms with Gasteiger partial charge in [-0.2, -0.15) is 0 Å². The van der Waals surface area contributed by atoms with E-state index in [1.165, 1.54) is 24.9 Å². The number of hydrogen-bond acceptors (Lipinski definition) is 5. The van der Waals surface area contributed by atoms with E-state index in [-0.39, 0.29) is 22.9 Å². The van der Waals surface area contributed by atoms with Crippen molar-refractivity contribution >= 4 is 11.8 Å². The number of hydrogen-bond donors (Lipinski definition) is 1. The first-order chi connectivity index (χ1) is 10.7. The average Bonchev–Trinajstić information content (AvgIpc) is 3.09. The summed E-state index contributed by atoms with van der Waals surface area (Å²) in [6.07, 6.45) is 8.00. The summed E-state index contributed by atoms with van der Waals surface area (Å²) in [5.41, 5.74) is -0.293. The zero-order valence-electron chi connectivity index (χ0n) is 12.0. The molecule has 0 saturated heterocycles. The number of nitrogens with zero attached hydrogens (tertiary/aromatic N) is 2. The highest BCUT2D eigenvalue weighted by Crippen LogP contribution is 2.31. The molecule has 0 spiro atoms. The average molecular weight is 300 g/mol. The number of carbonyl (C=O) groups excluding carboxylic acids is 1. The quantitative estimate of drug-likeness (QED) is 0.872. The van der Waals surface area contributed by atoms with E-state index in [4.69, 9.17) is 4.42 Å². The van der Waals surface area contributed by atoms with Crippen LogP contribution in [0.15, 0.2) is 29.0 Å². The lowest BCUT2D eigenvalue weighted by molar-refractivity contribution is 0.0685. The van der Waals surface area contributed by atoms with Crippen LogP contribution < -0.4 is 0 Å². The summed E-state index contributed by atoms with van der Waals surface area (Å²) in [4.78, 5) is 32.1. The van der Waals surface area contributed by atoms with Gasteiger partial charge in [0.25, 0.3) is 0 Å². The van der Waals surface area contributed by atoms with Crippen LogP contribution in [0.2, 0.25) is 0 Å². The summed E-state index contributed by atoms with van der Waals surface area (Å²) in [5.74, 6) is -0.962. The minimum absolute atomic E-state index is 0.0398. The van der Waals surface area contributed by atoms with Crippen LogP contribution in [0.1, 0.15) is 70.5 Å². The molecule has 0 atom stereocenters. The standard InChI is InChI=1S/C16H16N2O4/c19-14(12-7-4-8-22-12)11-9-17-15(18-13(11)16(20)21)10-5-2-1-3-6-10/h4,7-10H,1-3,5-6H2,(H,20,21). The second-order valence-electron chi connectivity index (χ2n) is 5.44. The summed E-state index contributed by atoms with van der Waals surface area (Å²) < 4.78 is 5.03. The number of carboxylic acid groups (broad SMARTS) is 1. The molecule has 1 saturated carbocycles. The molecule has 3 rings (SSSR count). The second-order valence-corrected chi connectivity index (χ2v) is 5.44. The molecule has 0 bridgehead atoms. The van der Waals surface area contributed by atoms with E-state index < -0.39 is 11.8 Å². The molecule has 6 heteroatoms. The molecule has 2 heterocycles. The molecule has 0 amide bonds. The van der Waals surface area contributed by atoms with Gasteiger partial charge in [0, 0.05) is 12.1 Å². The van der Waals surface area contributed by atoms with Gasteiger partial charge in [-0.1, -0.05) is 19.3 Å². The maximum atomic E-state index is 12.3. The summed E-state index contributed by atoms with van der Waals surface area (Å²) >= 11 is 0. The third-order valence-corrected chi connectivity index (χ3v) is 3.97. The topological polar surface area (TPSA) is 93.3 Å². The first-order valence-electron chi connectivity index (χ1n) is 7.35. The van der Waals surface area contributed by atoms with Crippen molar-refractivity contribution < 1.29 is 19.1 Å². The lowest BCUT2D eigenvalue weighted by atomic mass is 9.88. The van der Waals surface area contributed by atoms with Gasteiger partial charge in [-0.05, 0) is 25.0 Å². The molecule has 114 valence electrons. The Balaban J connectivity index is 1.97. The van der Waals surface area contributed by atoms with Gasteiger partial charge in [-0.15, -0.1) is 0 Å². The molecule has 1 N–H and O–H groups in total. The van der Waals surface area contributed by atoms with E-state index in [2.05, 4.69) is 9.97 Å². The third-order valence-electron chi connectivity index (χ3n) is 3.97. The molecule has 0 aromatic carbocycles. The van der Waals surface area contributed by atoms with Crippen molar-refractivity contribution in [2.75, 3.05) is 0 Å². The minimum Gasteiger partial charge on any atom is -0.476 e. The Bertz CT molecular complexity index is 688. The fourth-order valence-corrected chi connectivity index (χ4v) is 2.82. The summed E-state index contributed by atoms with van der Waals surface area (Å²) in [6.45, 7) is 0. The van der Waals surface area contributed by atoms with Crippen molar-refractivity contribution in [3.05, 3.63) is 47.4 Å². The summed E-state index contributed by atoms with van der Waals surface area (Å²) in [5, 5.41) is 9.36. The largest absolute Gasteiger partial charge is 0.476 e. The maximum absolute atomic E-state index is 12.3. The predicted octanol–water partition coefficient (Wildman–Crippen LogP) is 3.05. The Morgan fingerprint density at radius 2 is 2.00 bits per heavy atom. The van der Waals surface area contributed by atoms with Crippen LogP contribution in [0.25, 0.3) is 0 Å². The lowest BCUT2D eigenvalue weighted by Gasteiger charge is -2.20. The smallest absolute Gasteiger partial charge is 0.355 e. The maximum Gasteiger partial charge on any atom is 0.355 e. The van der Waals surface area contributed by atoms with Crippen LogP contribution in [0.4, 0.5) is 0 Å². The Labute approximate surface area is 127 Å². The third kappa shape index (κ3) is 2.77. The first-order valence-corrected chi connectivity index (χ1v) is 7.35. The summed E-state index contributed by atoms with van der Waals surface area (Å²) in [7, 11) is 0. The van der Waals surface area contributed by atoms with Crippen LogP contribution in [0.5, 0.6) is 0 Å². The van der Waals surface area contributed by atoms with Crippen molar-refractivity contribution in [1.29, 1.82) is 0 Å². The highest BCUT2D eigenvalue weighted by molar-refractivity contribution is 6.11. The van der Waals surface area contributed by atoms with E-state index >= 15 is 0 Å². The molecular weight excluding hydrogens is 284 g/mol. The normalized spacial score (nSPS) is 15.6. The van der Waals surface area contributed by atoms with E-state index in [0.717, 1.165) is 25.7 Å². The number of carboxylic acids is 1. The van der Waals surface area contributed by atoms with Gasteiger partial charge in [0.1, 0.15) is 5.82 Å². The molecule has 1 fully saturated rings. The molecule has 2 aromatic heterocycles. The van der Waals surface area contributed by atoms with Crippen LogP contribution >= 0.6 is 0 Å². The number of carbonyl (C=O) groups is 2. The number of rotatable bonds is 4. The molecule has 6 nitrogen and oxygen atoms in total. The van der Waals surface area contributed by atoms with E-state index in [1.807, 2.05) is 0 Å². The Morgan fingerprint density at radius 3 is 2.64 bits per heavy atom. The molecule has 0 aliphatic heterocycles. The first kappa shape index (κ1) is 14.4. The van der Waals surface area contributed by atoms with Gasteiger partial charge < -0.3 is 9.52 Å². The van der Waals surface area contributed by atoms with E-state index in [1.54, 1.807) is 6.07 Å². The number of ketones is 1. The Morgan fingerprint density at radius 1 is 1.23 bits per heavy atom. The number of aromatic nitrogens is 2. The highest BCUT2D eigenvalue weighted by Gasteiger charge is 2.25. The fraction of sp³-hybridized carbons (Fsp3) is 0.375. The van der Waals surface area contributed by atoms with Gasteiger partial charge in [0.05, 0.1) is 11.8 Å². The van der Waals surface area contributed by atoms with Crippen molar-refractivity contribution in [3.8, 4) is 0 Å². The molecule has 1 aliphatic carbocycles. The van der Waals surface area contributed by atoms with Crippen molar-refractivity contribution in [3.63, 3.8) is 0 Å². The van der Waals surface area contributed by atoms with Crippen molar-refractivity contribution in [1.82, 2.24) is 9.97 Å². The van der Waals surface area contributed by atoms with Crippen LogP contribution in [0, 0.1) is 0 Å². The van der Waals surface area contributed by atoms with Gasteiger partial charge in [0.2, 0.25) is 5.78 Å². The number of aromatic carboxylic acids is 1. The zero-order valence-corrected chi connectivity index (χ0v) is 12.0. The van der Waals surface area contributed by atoms with Crippen LogP contribution in [0.3, 0.4) is 0 Å². The fourth-order valence-electron chi connectivity index (χ4n) is 2.82. The Hall–Kier alpha value is -2.50. The zero-order chi connectivity index (χ0) is 15.5. The Kier molecular flexibility index (Phi) is 4.00. The van der Waals surface area contributed by atoms with Crippen molar-refractivity contribution in [2.24, 2.45) is 0 Å². The second kappa shape index (κ2) is 6.09. The predicted molar refractivity (Wildman–Crippen MR) is 77.0 cm³/mol. The van der Waals surface area contributed by atoms with Gasteiger partial charge in [-0.25, -0.2) is 14.8 Å². The molecule has 0 unspecified atom stereocenters. The lowest BCUT2D eigenvalue weighted by Crippen LogP contribution is -2.17. The molecule has 2 aromatic rings. The molecule has 22 heavy (non-hydrogen) atoms. The number of furan rings is 1. The monoisotopic (exact) mass is 300 g/mol. The van der Waals surface area contributed by atoms with Crippen LogP contribution in [-0.4, -0.2) is 26.8 Å². The van der Waals surface area contributed by atoms with Crippen LogP contribution in [-0.2, 0) is 0 Å². The van der Waals surface area contributed by atoms with E-state index in [9.17, 15) is 14.7 Å². The van der Waals surface area contributed by atoms with Gasteiger partial charge in [0.15, 0.2) is 11.5 Å². The van der Waals surface area contributed by atoms with Crippen molar-refractivity contribution in [2.45, 2.75) is 38.0 Å². The molecule has 1 aliphatic rings. The SMILES string of the molecule is O=C(c1ccco1)c1cnc(C2CCCCC2)nc1C(=O)O.